The molecule has 1 saturated heterocycles. The van der Waals surface area contributed by atoms with Gasteiger partial charge in [0, 0.05) is 27.3 Å². The van der Waals surface area contributed by atoms with Crippen LogP contribution in [0.15, 0.2) is 58.4 Å². The SMILES string of the molecule is Cc1ccc(NC(=O)COc2ccccc2[C@H]2c3sc(=O)[nH]c3SC3C4CC(C5C(=O)N(C(CC(C)C)C(=O)O)C(=O)C45)C32)cc1. The van der Waals surface area contributed by atoms with E-state index in [2.05, 4.69) is 10.3 Å². The number of aromatic amines is 1. The number of fused-ring (bicyclic) bond motifs is 9. The largest absolute Gasteiger partial charge is 0.483 e. The Labute approximate surface area is 273 Å². The Morgan fingerprint density at radius 3 is 2.43 bits per heavy atom. The second-order valence-corrected chi connectivity index (χ2v) is 15.4. The lowest BCUT2D eigenvalue weighted by Crippen LogP contribution is -2.47. The van der Waals surface area contributed by atoms with Crippen LogP contribution >= 0.6 is 23.1 Å². The molecule has 12 heteroatoms. The van der Waals surface area contributed by atoms with Crippen molar-refractivity contribution in [2.45, 2.75) is 55.8 Å². The minimum absolute atomic E-state index is 0.00957. The van der Waals surface area contributed by atoms with Crippen molar-refractivity contribution in [2.75, 3.05) is 11.9 Å². The summed E-state index contributed by atoms with van der Waals surface area (Å²) in [6, 6.07) is 13.8. The number of carboxylic acid groups (broad SMARTS) is 1. The Kier molecular flexibility index (Phi) is 7.83. The number of rotatable bonds is 9. The number of thiazole rings is 1. The molecule has 2 saturated carbocycles. The molecule has 3 fully saturated rings. The number of thioether (sulfide) groups is 1. The van der Waals surface area contributed by atoms with E-state index in [0.717, 1.165) is 37.3 Å². The number of benzene rings is 2. The molecule has 46 heavy (non-hydrogen) atoms. The third-order valence-corrected chi connectivity index (χ3v) is 12.6. The quantitative estimate of drug-likeness (QED) is 0.279. The Morgan fingerprint density at radius 2 is 1.74 bits per heavy atom. The summed E-state index contributed by atoms with van der Waals surface area (Å²) in [4.78, 5) is 70.4. The van der Waals surface area contributed by atoms with Gasteiger partial charge in [0.15, 0.2) is 6.61 Å². The minimum atomic E-state index is -1.19. The molecule has 0 radical (unpaired) electrons. The summed E-state index contributed by atoms with van der Waals surface area (Å²) >= 11 is 2.71. The van der Waals surface area contributed by atoms with E-state index in [4.69, 9.17) is 4.74 Å². The van der Waals surface area contributed by atoms with Crippen molar-refractivity contribution in [3.05, 3.63) is 74.2 Å². The number of anilines is 1. The lowest BCUT2D eigenvalue weighted by atomic mass is 9.68. The van der Waals surface area contributed by atoms with Gasteiger partial charge in [-0.05, 0) is 61.6 Å². The molecule has 2 aliphatic carbocycles. The molecule has 0 spiro atoms. The van der Waals surface area contributed by atoms with Crippen LogP contribution in [-0.4, -0.2) is 56.6 Å². The molecule has 7 rings (SSSR count). The van der Waals surface area contributed by atoms with E-state index in [1.807, 2.05) is 69.3 Å². The predicted molar refractivity (Wildman–Crippen MR) is 173 cm³/mol. The molecule has 1 aromatic heterocycles. The van der Waals surface area contributed by atoms with Gasteiger partial charge < -0.3 is 20.1 Å². The van der Waals surface area contributed by atoms with Crippen LogP contribution in [0.1, 0.15) is 48.6 Å². The summed E-state index contributed by atoms with van der Waals surface area (Å²) in [5, 5.41) is 13.6. The third-order valence-electron chi connectivity index (χ3n) is 10.00. The zero-order valence-electron chi connectivity index (χ0n) is 25.6. The summed E-state index contributed by atoms with van der Waals surface area (Å²) in [5.41, 5.74) is 2.57. The van der Waals surface area contributed by atoms with Crippen LogP contribution in [-0.2, 0) is 19.2 Å². The molecule has 240 valence electrons. The number of carbonyl (C=O) groups is 4. The van der Waals surface area contributed by atoms with E-state index in [1.54, 1.807) is 11.8 Å². The summed E-state index contributed by atoms with van der Waals surface area (Å²) in [5.74, 6) is -3.59. The summed E-state index contributed by atoms with van der Waals surface area (Å²) in [7, 11) is 0. The zero-order chi connectivity index (χ0) is 32.4. The molecule has 3 N–H and O–H groups in total. The van der Waals surface area contributed by atoms with E-state index < -0.39 is 23.8 Å². The number of H-pyrrole nitrogens is 1. The van der Waals surface area contributed by atoms with E-state index in [0.29, 0.717) is 17.9 Å². The highest BCUT2D eigenvalue weighted by molar-refractivity contribution is 8.00. The van der Waals surface area contributed by atoms with Crippen LogP contribution in [0.5, 0.6) is 5.75 Å². The van der Waals surface area contributed by atoms with Gasteiger partial charge in [0.1, 0.15) is 11.8 Å². The van der Waals surface area contributed by atoms with Gasteiger partial charge in [-0.2, -0.15) is 0 Å². The van der Waals surface area contributed by atoms with Crippen LogP contribution in [0, 0.1) is 42.4 Å². The molecular weight excluding hydrogens is 627 g/mol. The van der Waals surface area contributed by atoms with Crippen LogP contribution in [0.25, 0.3) is 0 Å². The molecule has 10 nitrogen and oxygen atoms in total. The van der Waals surface area contributed by atoms with Crippen molar-refractivity contribution in [2.24, 2.45) is 35.5 Å². The first-order chi connectivity index (χ1) is 22.0. The van der Waals surface area contributed by atoms with Crippen molar-refractivity contribution in [3.8, 4) is 5.75 Å². The van der Waals surface area contributed by atoms with Gasteiger partial charge in [-0.25, -0.2) is 4.79 Å². The molecule has 7 unspecified atom stereocenters. The molecule has 8 atom stereocenters. The van der Waals surface area contributed by atoms with Crippen LogP contribution in [0.3, 0.4) is 0 Å². The number of nitrogens with one attached hydrogen (secondary N) is 2. The van der Waals surface area contributed by atoms with Gasteiger partial charge in [-0.3, -0.25) is 24.1 Å². The smallest absolute Gasteiger partial charge is 0.326 e. The van der Waals surface area contributed by atoms with Crippen molar-refractivity contribution in [3.63, 3.8) is 0 Å². The normalized spacial score (nSPS) is 28.2. The number of hydrogen-bond acceptors (Lipinski definition) is 8. The minimum Gasteiger partial charge on any atom is -0.483 e. The highest BCUT2D eigenvalue weighted by Crippen LogP contribution is 2.69. The number of aliphatic carboxylic acids is 1. The summed E-state index contributed by atoms with van der Waals surface area (Å²) in [6.07, 6.45) is 0.884. The third kappa shape index (κ3) is 5.06. The fraction of sp³-hybridized carbons (Fsp3) is 0.441. The standard InChI is InChI=1S/C34H35N3O7S2/c1-15(2)12-21(33(41)42)37-31(39)26-19-13-20(27(26)32(37)40)28-25(19)24(29-30(45-28)36-34(43)46-29)18-6-4-5-7-22(18)44-14-23(38)35-17-10-8-16(3)9-11-17/h4-11,15,19-21,24-28H,12-14H2,1-3H3,(H,35,38)(H,36,43)(H,41,42)/t19?,20?,21?,24-,25?,26?,27?,28?/m1/s1. The maximum Gasteiger partial charge on any atom is 0.326 e. The van der Waals surface area contributed by atoms with Gasteiger partial charge in [-0.1, -0.05) is 61.1 Å². The molecule has 4 aliphatic rings. The second-order valence-electron chi connectivity index (χ2n) is 13.2. The Balaban J connectivity index is 1.21. The number of nitrogens with zero attached hydrogens (tertiary/aromatic N) is 1. The Bertz CT molecular complexity index is 1780. The van der Waals surface area contributed by atoms with E-state index >= 15 is 0 Å². The summed E-state index contributed by atoms with van der Waals surface area (Å²) < 4.78 is 6.14. The maximum absolute atomic E-state index is 14.0. The van der Waals surface area contributed by atoms with E-state index in [-0.39, 0.29) is 70.5 Å². The molecule has 2 aromatic carbocycles. The maximum atomic E-state index is 14.0. The predicted octanol–water partition coefficient (Wildman–Crippen LogP) is 4.73. The van der Waals surface area contributed by atoms with Crippen LogP contribution in [0.4, 0.5) is 5.69 Å². The number of imide groups is 1. The molecule has 3 amide bonds. The zero-order valence-corrected chi connectivity index (χ0v) is 27.2. The van der Waals surface area contributed by atoms with Crippen molar-refractivity contribution in [1.82, 2.24) is 9.88 Å². The van der Waals surface area contributed by atoms with Gasteiger partial charge >= 0.3 is 10.8 Å². The lowest BCUT2D eigenvalue weighted by Gasteiger charge is -2.43. The number of carboxylic acids is 1. The fourth-order valence-electron chi connectivity index (χ4n) is 8.30. The fourth-order valence-corrected chi connectivity index (χ4v) is 11.2. The van der Waals surface area contributed by atoms with Crippen molar-refractivity contribution >= 4 is 52.5 Å². The van der Waals surface area contributed by atoms with Gasteiger partial charge in [-0.15, -0.1) is 11.8 Å². The molecule has 2 bridgehead atoms. The lowest BCUT2D eigenvalue weighted by molar-refractivity contribution is -0.156. The number of para-hydroxylation sites is 1. The number of aromatic nitrogens is 1. The van der Waals surface area contributed by atoms with E-state index in [1.165, 1.54) is 0 Å². The Hall–Kier alpha value is -3.90. The number of aryl methyl sites for hydroxylation is 1. The first-order valence-electron chi connectivity index (χ1n) is 15.6. The number of hydrogen-bond donors (Lipinski definition) is 3. The van der Waals surface area contributed by atoms with Crippen LogP contribution < -0.4 is 14.9 Å². The molecular formula is C34H35N3O7S2. The average molecular weight is 662 g/mol. The highest BCUT2D eigenvalue weighted by Gasteiger charge is 2.70. The van der Waals surface area contributed by atoms with Crippen molar-refractivity contribution in [1.29, 1.82) is 0 Å². The summed E-state index contributed by atoms with van der Waals surface area (Å²) in [6.45, 7) is 5.51. The van der Waals surface area contributed by atoms with Gasteiger partial charge in [0.2, 0.25) is 11.8 Å². The van der Waals surface area contributed by atoms with Gasteiger partial charge in [0.25, 0.3) is 5.91 Å². The van der Waals surface area contributed by atoms with Crippen LogP contribution in [0.2, 0.25) is 0 Å². The van der Waals surface area contributed by atoms with Crippen molar-refractivity contribution < 1.29 is 29.0 Å². The van der Waals surface area contributed by atoms with E-state index in [9.17, 15) is 29.1 Å². The first kappa shape index (κ1) is 30.7. The topological polar surface area (TPSA) is 146 Å². The monoisotopic (exact) mass is 661 g/mol. The molecule has 2 aliphatic heterocycles. The average Bonchev–Trinajstić information content (AvgIpc) is 3.75. The van der Waals surface area contributed by atoms with Gasteiger partial charge in [0.05, 0.1) is 16.9 Å². The number of carbonyl (C=O) groups excluding carboxylic acids is 3. The molecule has 3 heterocycles. The number of ether oxygens (including phenoxy) is 1. The number of amides is 3. The number of likely N-dealkylation sites (tertiary alicyclic amines) is 1. The first-order valence-corrected chi connectivity index (χ1v) is 17.3. The Morgan fingerprint density at radius 1 is 1.04 bits per heavy atom. The highest BCUT2D eigenvalue weighted by atomic mass is 32.2. The second kappa shape index (κ2) is 11.7. The molecule has 3 aromatic rings.